The summed E-state index contributed by atoms with van der Waals surface area (Å²) < 4.78 is 1.74. The molecular weight excluding hydrogens is 292 g/mol. The number of carboxylic acids is 1. The molecular formula is C17H20N4O2. The maximum atomic E-state index is 11.7. The predicted molar refractivity (Wildman–Crippen MR) is 84.0 cm³/mol. The molecule has 1 saturated heterocycles. The lowest BCUT2D eigenvalue weighted by atomic mass is 9.94. The van der Waals surface area contributed by atoms with Gasteiger partial charge >= 0.3 is 5.97 Å². The van der Waals surface area contributed by atoms with Gasteiger partial charge in [0.1, 0.15) is 12.4 Å². The van der Waals surface area contributed by atoms with Crippen molar-refractivity contribution in [3.8, 4) is 5.69 Å². The molecule has 2 aromatic rings. The van der Waals surface area contributed by atoms with Crippen molar-refractivity contribution in [1.82, 2.24) is 19.7 Å². The van der Waals surface area contributed by atoms with Crippen LogP contribution >= 0.6 is 0 Å². The van der Waals surface area contributed by atoms with Gasteiger partial charge in [-0.05, 0) is 36.8 Å². The Hall–Kier alpha value is -2.21. The number of carboxylic acid groups (broad SMARTS) is 1. The minimum absolute atomic E-state index is 0.295. The molecule has 1 N–H and O–H groups in total. The van der Waals surface area contributed by atoms with E-state index >= 15 is 0 Å². The molecule has 0 bridgehead atoms. The lowest BCUT2D eigenvalue weighted by Crippen LogP contribution is -2.39. The van der Waals surface area contributed by atoms with Gasteiger partial charge in [0.15, 0.2) is 5.82 Å². The van der Waals surface area contributed by atoms with E-state index in [2.05, 4.69) is 10.1 Å². The van der Waals surface area contributed by atoms with Gasteiger partial charge in [0.25, 0.3) is 0 Å². The van der Waals surface area contributed by atoms with E-state index in [1.54, 1.807) is 11.0 Å². The maximum Gasteiger partial charge on any atom is 0.321 e. The van der Waals surface area contributed by atoms with Gasteiger partial charge in [0, 0.05) is 6.54 Å². The van der Waals surface area contributed by atoms with Gasteiger partial charge in [0.05, 0.1) is 12.2 Å². The van der Waals surface area contributed by atoms with Crippen LogP contribution in [0.25, 0.3) is 5.69 Å². The summed E-state index contributed by atoms with van der Waals surface area (Å²) in [5.41, 5.74) is 0.958. The number of hydrogen-bond acceptors (Lipinski definition) is 4. The number of nitrogens with zero attached hydrogens (tertiary/aromatic N) is 4. The minimum Gasteiger partial charge on any atom is -0.480 e. The Morgan fingerprint density at radius 2 is 2.09 bits per heavy atom. The molecule has 6 heteroatoms. The second-order valence-electron chi connectivity index (χ2n) is 6.51. The Morgan fingerprint density at radius 3 is 2.87 bits per heavy atom. The largest absolute Gasteiger partial charge is 0.480 e. The van der Waals surface area contributed by atoms with Gasteiger partial charge in [-0.2, -0.15) is 0 Å². The van der Waals surface area contributed by atoms with Gasteiger partial charge in [0.2, 0.25) is 0 Å². The quantitative estimate of drug-likeness (QED) is 0.934. The van der Waals surface area contributed by atoms with E-state index in [1.165, 1.54) is 0 Å². The summed E-state index contributed by atoms with van der Waals surface area (Å²) in [5, 5.41) is 14.1. The molecule has 6 nitrogen and oxygen atoms in total. The highest BCUT2D eigenvalue weighted by Crippen LogP contribution is 2.42. The van der Waals surface area contributed by atoms with Crippen molar-refractivity contribution in [1.29, 1.82) is 0 Å². The number of likely N-dealkylation sites (tertiary alicyclic amines) is 1. The second kappa shape index (κ2) is 5.77. The van der Waals surface area contributed by atoms with E-state index in [4.69, 9.17) is 0 Å². The van der Waals surface area contributed by atoms with Crippen LogP contribution in [0.1, 0.15) is 25.1 Å². The molecule has 0 amide bonds. The first kappa shape index (κ1) is 14.4. The topological polar surface area (TPSA) is 71.2 Å². The zero-order valence-corrected chi connectivity index (χ0v) is 12.9. The maximum absolute atomic E-state index is 11.7. The molecule has 1 aromatic carbocycles. The van der Waals surface area contributed by atoms with Crippen molar-refractivity contribution >= 4 is 5.97 Å². The summed E-state index contributed by atoms with van der Waals surface area (Å²) in [7, 11) is 0. The fourth-order valence-corrected chi connectivity index (χ4v) is 4.15. The highest BCUT2D eigenvalue weighted by Gasteiger charge is 2.47. The van der Waals surface area contributed by atoms with E-state index in [0.717, 1.165) is 31.5 Å². The molecule has 0 unspecified atom stereocenters. The van der Waals surface area contributed by atoms with Crippen LogP contribution in [0.5, 0.6) is 0 Å². The number of rotatable bonds is 4. The first-order chi connectivity index (χ1) is 11.2. The van der Waals surface area contributed by atoms with Gasteiger partial charge in [-0.3, -0.25) is 9.69 Å². The molecule has 4 rings (SSSR count). The van der Waals surface area contributed by atoms with Gasteiger partial charge < -0.3 is 5.11 Å². The van der Waals surface area contributed by atoms with Crippen LogP contribution in [0.2, 0.25) is 0 Å². The molecule has 1 aromatic heterocycles. The average molecular weight is 312 g/mol. The standard InChI is InChI=1S/C17H20N4O2/c22-17(23)16-14-8-4-5-12(14)9-20(16)10-15-18-11-21(19-15)13-6-2-1-3-7-13/h1-3,6-7,11-12,14,16H,4-5,8-10H2,(H,22,23)/t12-,14-,16+/m1/s1. The molecule has 2 heterocycles. The number of carbonyl (C=O) groups is 1. The van der Waals surface area contributed by atoms with Crippen molar-refractivity contribution in [2.45, 2.75) is 31.8 Å². The third-order valence-electron chi connectivity index (χ3n) is 5.14. The van der Waals surface area contributed by atoms with E-state index in [1.807, 2.05) is 35.2 Å². The Bertz CT molecular complexity index is 700. The van der Waals surface area contributed by atoms with Gasteiger partial charge in [-0.15, -0.1) is 5.10 Å². The summed E-state index contributed by atoms with van der Waals surface area (Å²) in [6.45, 7) is 1.35. The van der Waals surface area contributed by atoms with E-state index in [0.29, 0.717) is 24.2 Å². The van der Waals surface area contributed by atoms with Crippen molar-refractivity contribution in [2.75, 3.05) is 6.54 Å². The van der Waals surface area contributed by atoms with Crippen LogP contribution in [0.15, 0.2) is 36.7 Å². The third kappa shape index (κ3) is 2.63. The van der Waals surface area contributed by atoms with Crippen LogP contribution in [0, 0.1) is 11.8 Å². The van der Waals surface area contributed by atoms with Crippen LogP contribution < -0.4 is 0 Å². The number of para-hydroxylation sites is 1. The normalized spacial score (nSPS) is 27.2. The van der Waals surface area contributed by atoms with E-state index < -0.39 is 5.97 Å². The van der Waals surface area contributed by atoms with E-state index in [9.17, 15) is 9.90 Å². The number of hydrogen-bond donors (Lipinski definition) is 1. The summed E-state index contributed by atoms with van der Waals surface area (Å²) in [5.74, 6) is 0.790. The van der Waals surface area contributed by atoms with Crippen molar-refractivity contribution in [3.63, 3.8) is 0 Å². The summed E-state index contributed by atoms with van der Waals surface area (Å²) >= 11 is 0. The summed E-state index contributed by atoms with van der Waals surface area (Å²) in [4.78, 5) is 18.1. The van der Waals surface area contributed by atoms with E-state index in [-0.39, 0.29) is 6.04 Å². The monoisotopic (exact) mass is 312 g/mol. The molecule has 23 heavy (non-hydrogen) atoms. The minimum atomic E-state index is -0.707. The van der Waals surface area contributed by atoms with Gasteiger partial charge in [-0.1, -0.05) is 24.6 Å². The van der Waals surface area contributed by atoms with Gasteiger partial charge in [-0.25, -0.2) is 9.67 Å². The SMILES string of the molecule is O=C(O)[C@@H]1[C@@H]2CCC[C@@H]2CN1Cc1ncn(-c2ccccc2)n1. The highest BCUT2D eigenvalue weighted by molar-refractivity contribution is 5.74. The van der Waals surface area contributed by atoms with Crippen LogP contribution in [0.4, 0.5) is 0 Å². The Kier molecular flexibility index (Phi) is 3.61. The molecule has 1 saturated carbocycles. The zero-order valence-electron chi connectivity index (χ0n) is 12.9. The number of benzene rings is 1. The number of aromatic nitrogens is 3. The fraction of sp³-hybridized carbons (Fsp3) is 0.471. The summed E-state index contributed by atoms with van der Waals surface area (Å²) in [6, 6.07) is 9.43. The highest BCUT2D eigenvalue weighted by atomic mass is 16.4. The van der Waals surface area contributed by atoms with Crippen molar-refractivity contribution in [2.24, 2.45) is 11.8 Å². The Morgan fingerprint density at radius 1 is 1.26 bits per heavy atom. The lowest BCUT2D eigenvalue weighted by Gasteiger charge is -2.22. The van der Waals surface area contributed by atoms with Crippen LogP contribution in [-0.4, -0.2) is 43.3 Å². The molecule has 1 aliphatic heterocycles. The third-order valence-corrected chi connectivity index (χ3v) is 5.14. The van der Waals surface area contributed by atoms with Crippen molar-refractivity contribution < 1.29 is 9.90 Å². The average Bonchev–Trinajstić information content (AvgIpc) is 3.23. The zero-order chi connectivity index (χ0) is 15.8. The first-order valence-corrected chi connectivity index (χ1v) is 8.15. The smallest absolute Gasteiger partial charge is 0.321 e. The Labute approximate surface area is 134 Å². The number of fused-ring (bicyclic) bond motifs is 1. The molecule has 120 valence electrons. The molecule has 3 atom stereocenters. The fourth-order valence-electron chi connectivity index (χ4n) is 4.15. The summed E-state index contributed by atoms with van der Waals surface area (Å²) in [6.07, 6.45) is 5.03. The van der Waals surface area contributed by atoms with Crippen LogP contribution in [-0.2, 0) is 11.3 Å². The van der Waals surface area contributed by atoms with Crippen LogP contribution in [0.3, 0.4) is 0 Å². The second-order valence-corrected chi connectivity index (χ2v) is 6.51. The molecule has 0 spiro atoms. The molecule has 0 radical (unpaired) electrons. The number of aliphatic carboxylic acids is 1. The predicted octanol–water partition coefficient (Wildman–Crippen LogP) is 1.95. The first-order valence-electron chi connectivity index (χ1n) is 8.15. The Balaban J connectivity index is 1.52. The lowest BCUT2D eigenvalue weighted by molar-refractivity contribution is -0.143. The van der Waals surface area contributed by atoms with Crippen molar-refractivity contribution in [3.05, 3.63) is 42.5 Å². The molecule has 2 fully saturated rings. The molecule has 2 aliphatic rings. The molecule has 1 aliphatic carbocycles.